The molecule has 4 heteroatoms. The van der Waals surface area contributed by atoms with Crippen LogP contribution >= 0.6 is 0 Å². The van der Waals surface area contributed by atoms with Crippen LogP contribution in [0.25, 0.3) is 0 Å². The van der Waals surface area contributed by atoms with Gasteiger partial charge in [0.15, 0.2) is 0 Å². The minimum absolute atomic E-state index is 0.106. The van der Waals surface area contributed by atoms with Crippen molar-refractivity contribution in [3.63, 3.8) is 0 Å². The summed E-state index contributed by atoms with van der Waals surface area (Å²) in [5.41, 5.74) is 3.51. The summed E-state index contributed by atoms with van der Waals surface area (Å²) in [6.07, 6.45) is 2.25. The minimum atomic E-state index is 0.106. The van der Waals surface area contributed by atoms with Crippen LogP contribution in [0.2, 0.25) is 0 Å². The van der Waals surface area contributed by atoms with Crippen LogP contribution in [-0.2, 0) is 11.3 Å². The maximum absolute atomic E-state index is 5.55. The number of nitrogens with one attached hydrogen (secondary N) is 1. The van der Waals surface area contributed by atoms with E-state index in [1.54, 1.807) is 0 Å². The van der Waals surface area contributed by atoms with Crippen molar-refractivity contribution in [1.82, 2.24) is 15.3 Å². The van der Waals surface area contributed by atoms with Gasteiger partial charge >= 0.3 is 0 Å². The number of aromatic nitrogens is 2. The van der Waals surface area contributed by atoms with E-state index in [1.165, 1.54) is 5.56 Å². The van der Waals surface area contributed by atoms with Crippen LogP contribution in [0.1, 0.15) is 62.3 Å². The van der Waals surface area contributed by atoms with Gasteiger partial charge in [0.1, 0.15) is 5.82 Å². The van der Waals surface area contributed by atoms with E-state index in [9.17, 15) is 0 Å². The van der Waals surface area contributed by atoms with Crippen molar-refractivity contribution in [1.29, 1.82) is 0 Å². The zero-order valence-electron chi connectivity index (χ0n) is 13.4. The van der Waals surface area contributed by atoms with Crippen molar-refractivity contribution in [2.45, 2.75) is 65.5 Å². The summed E-state index contributed by atoms with van der Waals surface area (Å²) in [4.78, 5) is 9.45. The molecule has 0 spiro atoms. The number of rotatable bonds is 3. The van der Waals surface area contributed by atoms with Crippen LogP contribution in [-0.4, -0.2) is 28.7 Å². The van der Waals surface area contributed by atoms with Gasteiger partial charge < -0.3 is 10.1 Å². The SMILES string of the molecule is Cc1nc(C2CCCOC2)nc(C)c1CNC(C)(C)C. The van der Waals surface area contributed by atoms with Crippen LogP contribution < -0.4 is 5.32 Å². The van der Waals surface area contributed by atoms with Gasteiger partial charge in [0.25, 0.3) is 0 Å². The van der Waals surface area contributed by atoms with Crippen LogP contribution in [0.3, 0.4) is 0 Å². The van der Waals surface area contributed by atoms with E-state index < -0.39 is 0 Å². The van der Waals surface area contributed by atoms with Crippen LogP contribution in [0.4, 0.5) is 0 Å². The summed E-state index contributed by atoms with van der Waals surface area (Å²) in [6, 6.07) is 0. The highest BCUT2D eigenvalue weighted by molar-refractivity contribution is 5.25. The van der Waals surface area contributed by atoms with E-state index in [1.807, 2.05) is 0 Å². The maximum Gasteiger partial charge on any atom is 0.134 e. The molecule has 1 fully saturated rings. The fourth-order valence-corrected chi connectivity index (χ4v) is 2.50. The zero-order valence-corrected chi connectivity index (χ0v) is 13.4. The summed E-state index contributed by atoms with van der Waals surface area (Å²) < 4.78 is 5.55. The van der Waals surface area contributed by atoms with Crippen LogP contribution in [0.15, 0.2) is 0 Å². The quantitative estimate of drug-likeness (QED) is 0.923. The van der Waals surface area contributed by atoms with Gasteiger partial charge in [0, 0.05) is 41.6 Å². The third-order valence-electron chi connectivity index (χ3n) is 3.76. The van der Waals surface area contributed by atoms with Crippen molar-refractivity contribution < 1.29 is 4.74 Å². The van der Waals surface area contributed by atoms with E-state index in [-0.39, 0.29) is 5.54 Å². The maximum atomic E-state index is 5.55. The first kappa shape index (κ1) is 15.4. The first-order valence-electron chi connectivity index (χ1n) is 7.53. The van der Waals surface area contributed by atoms with Crippen molar-refractivity contribution >= 4 is 0 Å². The molecule has 2 heterocycles. The molecule has 0 amide bonds. The van der Waals surface area contributed by atoms with E-state index in [4.69, 9.17) is 14.7 Å². The Morgan fingerprint density at radius 3 is 2.35 bits per heavy atom. The molecule has 1 aromatic rings. The molecule has 1 aromatic heterocycles. The van der Waals surface area contributed by atoms with Gasteiger partial charge in [-0.25, -0.2) is 9.97 Å². The predicted octanol–water partition coefficient (Wildman–Crippen LogP) is 2.88. The highest BCUT2D eigenvalue weighted by Gasteiger charge is 2.21. The molecule has 1 N–H and O–H groups in total. The van der Waals surface area contributed by atoms with Gasteiger partial charge in [0.2, 0.25) is 0 Å². The Bertz CT molecular complexity index is 436. The summed E-state index contributed by atoms with van der Waals surface area (Å²) in [7, 11) is 0. The molecule has 0 aromatic carbocycles. The van der Waals surface area contributed by atoms with E-state index in [0.29, 0.717) is 5.92 Å². The first-order chi connectivity index (χ1) is 9.37. The number of aryl methyl sites for hydroxylation is 2. The number of ether oxygens (including phenoxy) is 1. The lowest BCUT2D eigenvalue weighted by Crippen LogP contribution is -2.35. The average molecular weight is 277 g/mol. The lowest BCUT2D eigenvalue weighted by atomic mass is 10.0. The Balaban J connectivity index is 2.15. The fourth-order valence-electron chi connectivity index (χ4n) is 2.50. The van der Waals surface area contributed by atoms with E-state index >= 15 is 0 Å². The summed E-state index contributed by atoms with van der Waals surface area (Å²) >= 11 is 0. The standard InChI is InChI=1S/C16H27N3O/c1-11-14(9-17-16(3,4)5)12(2)19-15(18-11)13-7-6-8-20-10-13/h13,17H,6-10H2,1-5H3. The molecule has 1 aliphatic heterocycles. The Hall–Kier alpha value is -1.00. The number of hydrogen-bond acceptors (Lipinski definition) is 4. The molecular formula is C16H27N3O. The minimum Gasteiger partial charge on any atom is -0.381 e. The molecule has 1 saturated heterocycles. The normalized spacial score (nSPS) is 20.1. The Morgan fingerprint density at radius 2 is 1.85 bits per heavy atom. The van der Waals surface area contributed by atoms with Gasteiger partial charge in [-0.1, -0.05) is 0 Å². The topological polar surface area (TPSA) is 47.0 Å². The molecule has 112 valence electrons. The molecule has 0 bridgehead atoms. The average Bonchev–Trinajstić information content (AvgIpc) is 2.37. The van der Waals surface area contributed by atoms with E-state index in [0.717, 1.165) is 49.8 Å². The molecule has 4 nitrogen and oxygen atoms in total. The summed E-state index contributed by atoms with van der Waals surface area (Å²) in [5, 5.41) is 3.51. The Kier molecular flexibility index (Phi) is 4.76. The highest BCUT2D eigenvalue weighted by Crippen LogP contribution is 2.24. The van der Waals surface area contributed by atoms with Crippen molar-refractivity contribution in [3.8, 4) is 0 Å². The lowest BCUT2D eigenvalue weighted by molar-refractivity contribution is 0.0779. The lowest BCUT2D eigenvalue weighted by Gasteiger charge is -2.24. The largest absolute Gasteiger partial charge is 0.381 e. The Labute approximate surface area is 122 Å². The molecule has 20 heavy (non-hydrogen) atoms. The van der Waals surface area contributed by atoms with Gasteiger partial charge in [-0.15, -0.1) is 0 Å². The van der Waals surface area contributed by atoms with Crippen molar-refractivity contribution in [3.05, 3.63) is 22.8 Å². The second kappa shape index (κ2) is 6.19. The van der Waals surface area contributed by atoms with Crippen LogP contribution in [0.5, 0.6) is 0 Å². The summed E-state index contributed by atoms with van der Waals surface area (Å²) in [5.74, 6) is 1.32. The number of hydrogen-bond donors (Lipinski definition) is 1. The zero-order chi connectivity index (χ0) is 14.8. The van der Waals surface area contributed by atoms with Gasteiger partial charge in [-0.05, 0) is 47.5 Å². The highest BCUT2D eigenvalue weighted by atomic mass is 16.5. The molecule has 1 aliphatic rings. The van der Waals surface area contributed by atoms with Gasteiger partial charge in [-0.3, -0.25) is 0 Å². The van der Waals surface area contributed by atoms with Crippen LogP contribution in [0, 0.1) is 13.8 Å². The molecule has 1 unspecified atom stereocenters. The van der Waals surface area contributed by atoms with Crippen molar-refractivity contribution in [2.75, 3.05) is 13.2 Å². The third kappa shape index (κ3) is 4.00. The second-order valence-corrected chi connectivity index (χ2v) is 6.75. The van der Waals surface area contributed by atoms with Gasteiger partial charge in [0.05, 0.1) is 6.61 Å². The molecular weight excluding hydrogens is 250 g/mol. The third-order valence-corrected chi connectivity index (χ3v) is 3.76. The smallest absolute Gasteiger partial charge is 0.134 e. The molecule has 0 aliphatic carbocycles. The summed E-state index contributed by atoms with van der Waals surface area (Å²) in [6.45, 7) is 13.1. The van der Waals surface area contributed by atoms with E-state index in [2.05, 4.69) is 39.9 Å². The molecule has 1 atom stereocenters. The predicted molar refractivity (Wildman–Crippen MR) is 80.9 cm³/mol. The molecule has 0 radical (unpaired) electrons. The Morgan fingerprint density at radius 1 is 1.20 bits per heavy atom. The first-order valence-corrected chi connectivity index (χ1v) is 7.53. The van der Waals surface area contributed by atoms with Crippen molar-refractivity contribution in [2.24, 2.45) is 0 Å². The fraction of sp³-hybridized carbons (Fsp3) is 0.750. The second-order valence-electron chi connectivity index (χ2n) is 6.75. The van der Waals surface area contributed by atoms with Gasteiger partial charge in [-0.2, -0.15) is 0 Å². The number of nitrogens with zero attached hydrogens (tertiary/aromatic N) is 2. The molecule has 2 rings (SSSR count). The monoisotopic (exact) mass is 277 g/mol. The molecule has 0 saturated carbocycles.